The largest absolute Gasteiger partial charge is 0.383 e. The van der Waals surface area contributed by atoms with Crippen LogP contribution in [0.15, 0.2) is 24.3 Å². The van der Waals surface area contributed by atoms with Crippen LogP contribution in [-0.4, -0.2) is 40.0 Å². The smallest absolute Gasteiger partial charge is 0.0587 e. The summed E-state index contributed by atoms with van der Waals surface area (Å²) in [5, 5.41) is 3.49. The maximum absolute atomic E-state index is 5.45. The molecule has 0 saturated carbocycles. The van der Waals surface area contributed by atoms with E-state index in [1.165, 1.54) is 11.1 Å². The van der Waals surface area contributed by atoms with Crippen molar-refractivity contribution in [1.29, 1.82) is 0 Å². The number of ether oxygens (including phenoxy) is 2. The number of methoxy groups -OCH3 is 1. The molecule has 0 saturated heterocycles. The molecule has 1 aromatic rings. The van der Waals surface area contributed by atoms with Gasteiger partial charge in [-0.05, 0) is 43.7 Å². The maximum atomic E-state index is 5.45. The topological polar surface area (TPSA) is 30.5 Å². The van der Waals surface area contributed by atoms with Crippen LogP contribution in [0, 0.1) is 6.92 Å². The van der Waals surface area contributed by atoms with E-state index in [9.17, 15) is 0 Å². The van der Waals surface area contributed by atoms with Crippen LogP contribution in [0.3, 0.4) is 0 Å². The van der Waals surface area contributed by atoms with E-state index in [0.29, 0.717) is 5.92 Å². The quantitative estimate of drug-likeness (QED) is 0.631. The summed E-state index contributed by atoms with van der Waals surface area (Å²) in [5.74, 6) is 0.550. The van der Waals surface area contributed by atoms with E-state index in [4.69, 9.17) is 9.47 Å². The fraction of sp³-hybridized carbons (Fsp3) is 0.647. The van der Waals surface area contributed by atoms with E-state index in [1.54, 1.807) is 7.11 Å². The summed E-state index contributed by atoms with van der Waals surface area (Å²) in [6.07, 6.45) is 2.27. The summed E-state index contributed by atoms with van der Waals surface area (Å²) in [6, 6.07) is 8.68. The van der Waals surface area contributed by atoms with Crippen molar-refractivity contribution in [3.63, 3.8) is 0 Å². The molecule has 0 aliphatic rings. The van der Waals surface area contributed by atoms with Crippen LogP contribution in [0.25, 0.3) is 0 Å². The first-order valence-electron chi connectivity index (χ1n) is 7.62. The zero-order valence-corrected chi connectivity index (χ0v) is 13.2. The van der Waals surface area contributed by atoms with Crippen LogP contribution in [-0.2, 0) is 9.47 Å². The van der Waals surface area contributed by atoms with Crippen molar-refractivity contribution in [1.82, 2.24) is 5.32 Å². The van der Waals surface area contributed by atoms with Crippen LogP contribution in [0.1, 0.15) is 36.8 Å². The average Bonchev–Trinajstić information content (AvgIpc) is 2.46. The van der Waals surface area contributed by atoms with Crippen LogP contribution in [0.4, 0.5) is 0 Å². The van der Waals surface area contributed by atoms with E-state index >= 15 is 0 Å². The summed E-state index contributed by atoms with van der Waals surface area (Å²) in [4.78, 5) is 0. The molecule has 0 fully saturated rings. The molecule has 0 aromatic heterocycles. The highest BCUT2D eigenvalue weighted by Crippen LogP contribution is 2.23. The average molecular weight is 279 g/mol. The molecule has 1 atom stereocenters. The normalized spacial score (nSPS) is 12.6. The predicted molar refractivity (Wildman–Crippen MR) is 84.4 cm³/mol. The molecule has 1 aromatic carbocycles. The maximum Gasteiger partial charge on any atom is 0.0587 e. The minimum Gasteiger partial charge on any atom is -0.383 e. The monoisotopic (exact) mass is 279 g/mol. The first-order chi connectivity index (χ1) is 9.79. The molecule has 0 heterocycles. The van der Waals surface area contributed by atoms with Gasteiger partial charge < -0.3 is 14.8 Å². The van der Waals surface area contributed by atoms with Gasteiger partial charge in [-0.15, -0.1) is 0 Å². The lowest BCUT2D eigenvalue weighted by Gasteiger charge is -2.20. The highest BCUT2D eigenvalue weighted by Gasteiger charge is 2.13. The lowest BCUT2D eigenvalue weighted by atomic mass is 9.91. The van der Waals surface area contributed by atoms with E-state index in [2.05, 4.69) is 36.5 Å². The standard InChI is InChI=1S/C17H29NO2/c1-4-20-12-7-9-16(14-18-11-13-19-3)17-10-6-5-8-15(17)2/h5-6,8,10,16,18H,4,7,9,11-14H2,1-3H3. The Balaban J connectivity index is 2.52. The van der Waals surface area contributed by atoms with Crippen molar-refractivity contribution in [3.8, 4) is 0 Å². The SMILES string of the molecule is CCOCCCC(CNCCOC)c1ccccc1C. The Morgan fingerprint density at radius 1 is 1.20 bits per heavy atom. The van der Waals surface area contributed by atoms with Crippen molar-refractivity contribution in [2.24, 2.45) is 0 Å². The van der Waals surface area contributed by atoms with Gasteiger partial charge in [0.05, 0.1) is 6.61 Å². The second-order valence-electron chi connectivity index (χ2n) is 5.09. The van der Waals surface area contributed by atoms with Crippen LogP contribution in [0.2, 0.25) is 0 Å². The van der Waals surface area contributed by atoms with Gasteiger partial charge in [0.15, 0.2) is 0 Å². The molecule has 3 heteroatoms. The van der Waals surface area contributed by atoms with Gasteiger partial charge in [0.1, 0.15) is 0 Å². The fourth-order valence-electron chi connectivity index (χ4n) is 2.44. The Labute approximate surface area is 123 Å². The molecular weight excluding hydrogens is 250 g/mol. The number of hydrogen-bond acceptors (Lipinski definition) is 3. The lowest BCUT2D eigenvalue weighted by Crippen LogP contribution is -2.25. The van der Waals surface area contributed by atoms with E-state index in [1.807, 2.05) is 6.92 Å². The van der Waals surface area contributed by atoms with Gasteiger partial charge in [0.2, 0.25) is 0 Å². The predicted octanol–water partition coefficient (Wildman–Crippen LogP) is 3.13. The van der Waals surface area contributed by atoms with Gasteiger partial charge in [-0.3, -0.25) is 0 Å². The molecule has 0 aliphatic carbocycles. The molecule has 20 heavy (non-hydrogen) atoms. The highest BCUT2D eigenvalue weighted by molar-refractivity contribution is 5.29. The number of aryl methyl sites for hydroxylation is 1. The van der Waals surface area contributed by atoms with Gasteiger partial charge in [0, 0.05) is 33.4 Å². The Bertz CT molecular complexity index is 343. The molecule has 1 N–H and O–H groups in total. The van der Waals surface area contributed by atoms with Crippen molar-refractivity contribution < 1.29 is 9.47 Å². The Morgan fingerprint density at radius 2 is 2.00 bits per heavy atom. The molecular formula is C17H29NO2. The fourth-order valence-corrected chi connectivity index (χ4v) is 2.44. The van der Waals surface area contributed by atoms with Crippen molar-refractivity contribution in [2.75, 3.05) is 40.0 Å². The van der Waals surface area contributed by atoms with Crippen molar-refractivity contribution in [2.45, 2.75) is 32.6 Å². The van der Waals surface area contributed by atoms with Gasteiger partial charge in [-0.2, -0.15) is 0 Å². The third-order valence-electron chi connectivity index (χ3n) is 3.55. The highest BCUT2D eigenvalue weighted by atomic mass is 16.5. The second-order valence-corrected chi connectivity index (χ2v) is 5.09. The Hall–Kier alpha value is -0.900. The minimum absolute atomic E-state index is 0.550. The summed E-state index contributed by atoms with van der Waals surface area (Å²) < 4.78 is 10.5. The molecule has 0 amide bonds. The summed E-state index contributed by atoms with van der Waals surface area (Å²) in [7, 11) is 1.74. The first-order valence-corrected chi connectivity index (χ1v) is 7.62. The molecule has 1 unspecified atom stereocenters. The minimum atomic E-state index is 0.550. The second kappa shape index (κ2) is 10.8. The van der Waals surface area contributed by atoms with Crippen molar-refractivity contribution >= 4 is 0 Å². The molecule has 1 rings (SSSR count). The summed E-state index contributed by atoms with van der Waals surface area (Å²) in [6.45, 7) is 8.58. The van der Waals surface area contributed by atoms with E-state index in [-0.39, 0.29) is 0 Å². The van der Waals surface area contributed by atoms with Gasteiger partial charge in [-0.1, -0.05) is 24.3 Å². The number of nitrogens with one attached hydrogen (secondary N) is 1. The number of hydrogen-bond donors (Lipinski definition) is 1. The summed E-state index contributed by atoms with van der Waals surface area (Å²) in [5.41, 5.74) is 2.83. The van der Waals surface area contributed by atoms with Gasteiger partial charge >= 0.3 is 0 Å². The van der Waals surface area contributed by atoms with Gasteiger partial charge in [-0.25, -0.2) is 0 Å². The molecule has 0 bridgehead atoms. The zero-order chi connectivity index (χ0) is 14.6. The molecule has 114 valence electrons. The Kier molecular flexibility index (Phi) is 9.29. The third kappa shape index (κ3) is 6.51. The van der Waals surface area contributed by atoms with Crippen LogP contribution in [0.5, 0.6) is 0 Å². The number of rotatable bonds is 11. The molecule has 3 nitrogen and oxygen atoms in total. The summed E-state index contributed by atoms with van der Waals surface area (Å²) >= 11 is 0. The number of benzene rings is 1. The van der Waals surface area contributed by atoms with E-state index in [0.717, 1.165) is 45.8 Å². The van der Waals surface area contributed by atoms with E-state index < -0.39 is 0 Å². The van der Waals surface area contributed by atoms with Crippen LogP contribution >= 0.6 is 0 Å². The Morgan fingerprint density at radius 3 is 2.70 bits per heavy atom. The van der Waals surface area contributed by atoms with Crippen molar-refractivity contribution in [3.05, 3.63) is 35.4 Å². The lowest BCUT2D eigenvalue weighted by molar-refractivity contribution is 0.141. The zero-order valence-electron chi connectivity index (χ0n) is 13.2. The molecule has 0 radical (unpaired) electrons. The van der Waals surface area contributed by atoms with Gasteiger partial charge in [0.25, 0.3) is 0 Å². The molecule has 0 aliphatic heterocycles. The molecule has 0 spiro atoms. The third-order valence-corrected chi connectivity index (χ3v) is 3.55. The first kappa shape index (κ1) is 17.2. The van der Waals surface area contributed by atoms with Crippen LogP contribution < -0.4 is 5.32 Å².